The highest BCUT2D eigenvalue weighted by atomic mass is 16.3. The van der Waals surface area contributed by atoms with Crippen LogP contribution in [-0.2, 0) is 13.7 Å². The molecule has 5 heteroatoms. The van der Waals surface area contributed by atoms with Gasteiger partial charge in [-0.15, -0.1) is 0 Å². The summed E-state index contributed by atoms with van der Waals surface area (Å²) >= 11 is 0. The molecule has 0 radical (unpaired) electrons. The van der Waals surface area contributed by atoms with E-state index in [0.717, 1.165) is 16.8 Å². The molecular formula is C16H21N3O2. The Bertz CT molecular complexity index is 660. The molecule has 5 nitrogen and oxygen atoms in total. The summed E-state index contributed by atoms with van der Waals surface area (Å²) in [6.07, 6.45) is 0. The SMILES string of the molecule is Cc1ccc(CO)cc1NC(=O)c1cc(C(C)C)n(C)n1. The summed E-state index contributed by atoms with van der Waals surface area (Å²) in [6, 6.07) is 7.30. The third-order valence-corrected chi connectivity index (χ3v) is 3.47. The second-order valence-corrected chi connectivity index (χ2v) is 5.49. The van der Waals surface area contributed by atoms with Crippen LogP contribution in [0, 0.1) is 6.92 Å². The zero-order valence-corrected chi connectivity index (χ0v) is 12.8. The number of hydrogen-bond donors (Lipinski definition) is 2. The fraction of sp³-hybridized carbons (Fsp3) is 0.375. The third kappa shape index (κ3) is 3.31. The maximum atomic E-state index is 12.3. The van der Waals surface area contributed by atoms with Gasteiger partial charge in [0.15, 0.2) is 5.69 Å². The Hall–Kier alpha value is -2.14. The second-order valence-electron chi connectivity index (χ2n) is 5.49. The van der Waals surface area contributed by atoms with Gasteiger partial charge >= 0.3 is 0 Å². The Kier molecular flexibility index (Phi) is 4.43. The quantitative estimate of drug-likeness (QED) is 0.908. The first-order chi connectivity index (χ1) is 9.92. The number of benzene rings is 1. The molecule has 0 aliphatic carbocycles. The van der Waals surface area contributed by atoms with Crippen LogP contribution in [0.2, 0.25) is 0 Å². The molecule has 1 heterocycles. The Labute approximate surface area is 124 Å². The van der Waals surface area contributed by atoms with Crippen molar-refractivity contribution in [1.82, 2.24) is 9.78 Å². The van der Waals surface area contributed by atoms with E-state index in [1.807, 2.05) is 32.2 Å². The van der Waals surface area contributed by atoms with E-state index >= 15 is 0 Å². The van der Waals surface area contributed by atoms with Gasteiger partial charge in [0.05, 0.1) is 6.61 Å². The number of nitrogens with zero attached hydrogens (tertiary/aromatic N) is 2. The van der Waals surface area contributed by atoms with Crippen LogP contribution in [0.3, 0.4) is 0 Å². The first-order valence-corrected chi connectivity index (χ1v) is 6.98. The minimum atomic E-state index is -0.240. The minimum Gasteiger partial charge on any atom is -0.392 e. The molecule has 1 amide bonds. The van der Waals surface area contributed by atoms with E-state index < -0.39 is 0 Å². The molecule has 0 spiro atoms. The summed E-state index contributed by atoms with van der Waals surface area (Å²) in [5, 5.41) is 16.3. The van der Waals surface area contributed by atoms with Gasteiger partial charge in [-0.2, -0.15) is 5.10 Å². The second kappa shape index (κ2) is 6.10. The molecular weight excluding hydrogens is 266 g/mol. The number of nitrogens with one attached hydrogen (secondary N) is 1. The highest BCUT2D eigenvalue weighted by molar-refractivity contribution is 6.03. The van der Waals surface area contributed by atoms with Crippen LogP contribution < -0.4 is 5.32 Å². The van der Waals surface area contributed by atoms with Crippen LogP contribution in [0.4, 0.5) is 5.69 Å². The molecule has 2 aromatic rings. The molecule has 21 heavy (non-hydrogen) atoms. The molecule has 0 atom stereocenters. The van der Waals surface area contributed by atoms with Crippen LogP contribution in [0.5, 0.6) is 0 Å². The zero-order valence-electron chi connectivity index (χ0n) is 12.8. The van der Waals surface area contributed by atoms with E-state index in [-0.39, 0.29) is 12.5 Å². The summed E-state index contributed by atoms with van der Waals surface area (Å²) in [6.45, 7) is 5.99. The molecule has 1 aromatic heterocycles. The number of aromatic nitrogens is 2. The largest absolute Gasteiger partial charge is 0.392 e. The van der Waals surface area contributed by atoms with Crippen LogP contribution >= 0.6 is 0 Å². The van der Waals surface area contributed by atoms with Crippen LogP contribution in [-0.4, -0.2) is 20.8 Å². The monoisotopic (exact) mass is 287 g/mol. The Morgan fingerprint density at radius 3 is 2.67 bits per heavy atom. The predicted molar refractivity (Wildman–Crippen MR) is 82.4 cm³/mol. The van der Waals surface area contributed by atoms with E-state index in [1.165, 1.54) is 0 Å². The number of aryl methyl sites for hydroxylation is 2. The van der Waals surface area contributed by atoms with Crippen molar-refractivity contribution in [3.05, 3.63) is 46.8 Å². The lowest BCUT2D eigenvalue weighted by atomic mass is 10.1. The number of rotatable bonds is 4. The van der Waals surface area contributed by atoms with E-state index in [9.17, 15) is 9.90 Å². The molecule has 0 saturated carbocycles. The standard InChI is InChI=1S/C16H21N3O2/c1-10(2)15-8-14(18-19(15)4)16(21)17-13-7-12(9-20)6-5-11(13)3/h5-8,10,20H,9H2,1-4H3,(H,17,21). The number of carbonyl (C=O) groups excluding carboxylic acids is 1. The number of hydrogen-bond acceptors (Lipinski definition) is 3. The van der Waals surface area contributed by atoms with Gasteiger partial charge in [-0.1, -0.05) is 26.0 Å². The number of amides is 1. The van der Waals surface area contributed by atoms with Gasteiger partial charge in [-0.05, 0) is 36.1 Å². The van der Waals surface area contributed by atoms with Crippen molar-refractivity contribution in [1.29, 1.82) is 0 Å². The van der Waals surface area contributed by atoms with Gasteiger partial charge in [-0.3, -0.25) is 9.48 Å². The van der Waals surface area contributed by atoms with Crippen molar-refractivity contribution in [2.45, 2.75) is 33.3 Å². The number of aliphatic hydroxyl groups excluding tert-OH is 1. The summed E-state index contributed by atoms with van der Waals surface area (Å²) in [5.41, 5.74) is 3.82. The molecule has 112 valence electrons. The first kappa shape index (κ1) is 15.3. The van der Waals surface area contributed by atoms with Crippen molar-refractivity contribution in [3.63, 3.8) is 0 Å². The molecule has 2 N–H and O–H groups in total. The van der Waals surface area contributed by atoms with Crippen molar-refractivity contribution < 1.29 is 9.90 Å². The summed E-state index contributed by atoms with van der Waals surface area (Å²) in [7, 11) is 1.84. The third-order valence-electron chi connectivity index (χ3n) is 3.47. The highest BCUT2D eigenvalue weighted by Crippen LogP contribution is 2.19. The molecule has 0 aliphatic heterocycles. The maximum absolute atomic E-state index is 12.3. The smallest absolute Gasteiger partial charge is 0.276 e. The predicted octanol–water partition coefficient (Wildman–Crippen LogP) is 2.60. The van der Waals surface area contributed by atoms with Crippen molar-refractivity contribution in [2.75, 3.05) is 5.32 Å². The van der Waals surface area contributed by atoms with Crippen molar-refractivity contribution in [2.24, 2.45) is 7.05 Å². The van der Waals surface area contributed by atoms with Gasteiger partial charge in [0, 0.05) is 18.4 Å². The highest BCUT2D eigenvalue weighted by Gasteiger charge is 2.15. The lowest BCUT2D eigenvalue weighted by Crippen LogP contribution is -2.14. The van der Waals surface area contributed by atoms with Crippen molar-refractivity contribution in [3.8, 4) is 0 Å². The van der Waals surface area contributed by atoms with Crippen molar-refractivity contribution >= 4 is 11.6 Å². The van der Waals surface area contributed by atoms with Crippen LogP contribution in [0.25, 0.3) is 0 Å². The van der Waals surface area contributed by atoms with Crippen LogP contribution in [0.15, 0.2) is 24.3 Å². The number of anilines is 1. The molecule has 0 unspecified atom stereocenters. The number of carbonyl (C=O) groups is 1. The molecule has 1 aromatic carbocycles. The lowest BCUT2D eigenvalue weighted by Gasteiger charge is -2.08. The van der Waals surface area contributed by atoms with Gasteiger partial charge < -0.3 is 10.4 Å². The molecule has 0 aliphatic rings. The zero-order chi connectivity index (χ0) is 15.6. The molecule has 0 saturated heterocycles. The summed E-state index contributed by atoms with van der Waals surface area (Å²) in [5.74, 6) is 0.0687. The Morgan fingerprint density at radius 1 is 1.38 bits per heavy atom. The molecule has 0 bridgehead atoms. The molecule has 2 rings (SSSR count). The van der Waals surface area contributed by atoms with E-state index in [0.29, 0.717) is 17.3 Å². The average Bonchev–Trinajstić information content (AvgIpc) is 2.83. The van der Waals surface area contributed by atoms with Gasteiger partial charge in [-0.25, -0.2) is 0 Å². The molecule has 0 fully saturated rings. The first-order valence-electron chi connectivity index (χ1n) is 6.98. The van der Waals surface area contributed by atoms with Gasteiger partial charge in [0.2, 0.25) is 0 Å². The van der Waals surface area contributed by atoms with Gasteiger partial charge in [0.25, 0.3) is 5.91 Å². The van der Waals surface area contributed by atoms with Gasteiger partial charge in [0.1, 0.15) is 0 Å². The maximum Gasteiger partial charge on any atom is 0.276 e. The number of aliphatic hydroxyl groups is 1. The minimum absolute atomic E-state index is 0.0514. The fourth-order valence-corrected chi connectivity index (χ4v) is 2.22. The Morgan fingerprint density at radius 2 is 2.10 bits per heavy atom. The summed E-state index contributed by atoms with van der Waals surface area (Å²) < 4.78 is 1.73. The fourth-order valence-electron chi connectivity index (χ4n) is 2.22. The Balaban J connectivity index is 2.24. The lowest BCUT2D eigenvalue weighted by molar-refractivity contribution is 0.102. The van der Waals surface area contributed by atoms with E-state index in [4.69, 9.17) is 0 Å². The van der Waals surface area contributed by atoms with E-state index in [1.54, 1.807) is 10.7 Å². The van der Waals surface area contributed by atoms with Crippen LogP contribution in [0.1, 0.15) is 47.1 Å². The average molecular weight is 287 g/mol. The normalized spacial score (nSPS) is 11.0. The topological polar surface area (TPSA) is 67.2 Å². The van der Waals surface area contributed by atoms with E-state index in [2.05, 4.69) is 24.3 Å². The summed E-state index contributed by atoms with van der Waals surface area (Å²) in [4.78, 5) is 12.3.